The molecule has 0 aromatic rings. The Balaban J connectivity index is 1.78. The lowest BCUT2D eigenvalue weighted by atomic mass is 9.62. The van der Waals surface area contributed by atoms with Gasteiger partial charge in [0.05, 0.1) is 36.4 Å². The fourth-order valence-corrected chi connectivity index (χ4v) is 13.3. The van der Waals surface area contributed by atoms with Crippen molar-refractivity contribution < 1.29 is 53.6 Å². The third kappa shape index (κ3) is 13.5. The Morgan fingerprint density at radius 3 is 2.10 bits per heavy atom. The van der Waals surface area contributed by atoms with Crippen LogP contribution in [0.3, 0.4) is 0 Å². The number of carbonyl (C=O) groups excluding carboxylic acids is 1. The van der Waals surface area contributed by atoms with E-state index in [1.54, 1.807) is 21.0 Å². The number of hydrogen-bond acceptors (Lipinski definition) is 15. The van der Waals surface area contributed by atoms with Crippen LogP contribution in [0.5, 0.6) is 0 Å². The molecule has 15 nitrogen and oxygen atoms in total. The van der Waals surface area contributed by atoms with Crippen LogP contribution in [-0.2, 0) is 33.2 Å². The minimum absolute atomic E-state index is 0.000386. The maximum absolute atomic E-state index is 14.7. The molecule has 2 unspecified atom stereocenters. The van der Waals surface area contributed by atoms with Crippen LogP contribution in [0.1, 0.15) is 155 Å². The van der Waals surface area contributed by atoms with Crippen molar-refractivity contribution in [1.82, 2.24) is 15.1 Å². The van der Waals surface area contributed by atoms with E-state index in [1.807, 2.05) is 60.5 Å². The van der Waals surface area contributed by atoms with Crippen molar-refractivity contribution in [2.24, 2.45) is 39.7 Å². The van der Waals surface area contributed by atoms with E-state index >= 15 is 0 Å². The van der Waals surface area contributed by atoms with Gasteiger partial charge in [-0.15, -0.1) is 0 Å². The third-order valence-corrected chi connectivity index (χ3v) is 16.8. The van der Waals surface area contributed by atoms with E-state index in [2.05, 4.69) is 58.7 Å². The summed E-state index contributed by atoms with van der Waals surface area (Å²) in [7, 11) is 5.49. The first-order valence-electron chi connectivity index (χ1n) is 25.9. The molecule has 0 aromatic heterocycles. The molecular formula is C52H100N4O11. The second-order valence-corrected chi connectivity index (χ2v) is 24.6. The predicted molar refractivity (Wildman–Crippen MR) is 262 cm³/mol. The van der Waals surface area contributed by atoms with Crippen LogP contribution in [-0.4, -0.2) is 174 Å². The molecule has 19 atom stereocenters. The minimum atomic E-state index is -1.76. The Morgan fingerprint density at radius 2 is 1.54 bits per heavy atom. The van der Waals surface area contributed by atoms with Gasteiger partial charge < -0.3 is 69.7 Å². The number of methoxy groups -OCH3 is 1. The van der Waals surface area contributed by atoms with Crippen LogP contribution in [0.4, 0.5) is 0 Å². The maximum atomic E-state index is 14.7. The highest BCUT2D eigenvalue weighted by molar-refractivity contribution is 5.73. The van der Waals surface area contributed by atoms with Gasteiger partial charge in [0.2, 0.25) is 0 Å². The van der Waals surface area contributed by atoms with E-state index < -0.39 is 89.2 Å². The molecule has 0 aromatic carbocycles. The van der Waals surface area contributed by atoms with E-state index in [9.17, 15) is 25.2 Å². The maximum Gasteiger partial charge on any atom is 0.311 e. The molecule has 0 radical (unpaired) electrons. The lowest BCUT2D eigenvalue weighted by Gasteiger charge is -2.54. The Kier molecular flexibility index (Phi) is 19.9. The van der Waals surface area contributed by atoms with Crippen molar-refractivity contribution >= 4 is 5.97 Å². The van der Waals surface area contributed by atoms with Gasteiger partial charge in [0, 0.05) is 57.2 Å². The van der Waals surface area contributed by atoms with E-state index in [0.717, 1.165) is 32.2 Å². The zero-order valence-corrected chi connectivity index (χ0v) is 45.3. The lowest BCUT2D eigenvalue weighted by Crippen LogP contribution is -2.70. The van der Waals surface area contributed by atoms with Crippen molar-refractivity contribution in [3.8, 4) is 0 Å². The van der Waals surface area contributed by atoms with Crippen molar-refractivity contribution in [2.45, 2.75) is 245 Å². The SMILES string of the molecule is CCCN1C[C@H](C)[C@@H](O)[C@](C)(O)[C@@H](CC)OC(=O)[C@H](C)[C@H](O[C@@H]2C[C@](C)(OC)[C@@](O)(CNCC3(C)CC(N)CC(C)(C)C3)[C@H](C)O2)[C@H](C)[C@@H](O[C@@H]2O[C@H](C)C[C@H](N(C)C)[C@H]2O)C(C)(C)C[C@H]1C. The van der Waals surface area contributed by atoms with Gasteiger partial charge >= 0.3 is 5.97 Å². The number of nitrogens with zero attached hydrogens (tertiary/aromatic N) is 2. The molecule has 67 heavy (non-hydrogen) atoms. The van der Waals surface area contributed by atoms with Crippen LogP contribution >= 0.6 is 0 Å². The standard InChI is InChI=1S/C52H100N4O11/c1-19-21-56-27-31(3)43(58)51(15,60)39(20-2)65-45(59)35(7)42(34(6)44(48(11,12)23-32(56)4)67-46-41(57)38(55(16)17)22-33(5)63-46)66-40-26-50(14,62-18)52(61,36(8)64-40)30-54-29-49(13)25-37(53)24-47(9,10)28-49/h31-44,46,54,57-58,60-61H,19-30,53H2,1-18H3/t31-,32+,33+,34-,35+,36-,37?,38-,39+,40+,41+,42+,43+,44+,46-,49?,50-,51+,52+/m0/s1. The second kappa shape index (κ2) is 22.8. The van der Waals surface area contributed by atoms with Crippen LogP contribution < -0.4 is 11.1 Å². The highest BCUT2D eigenvalue weighted by atomic mass is 16.7. The summed E-state index contributed by atoms with van der Waals surface area (Å²) in [5.74, 6) is -2.46. The molecule has 3 saturated heterocycles. The number of aliphatic hydroxyl groups excluding tert-OH is 2. The molecule has 4 rings (SSSR count). The van der Waals surface area contributed by atoms with Crippen LogP contribution in [0, 0.1) is 34.0 Å². The van der Waals surface area contributed by atoms with Gasteiger partial charge in [0.1, 0.15) is 29.0 Å². The van der Waals surface area contributed by atoms with E-state index in [-0.39, 0.29) is 60.4 Å². The van der Waals surface area contributed by atoms with Gasteiger partial charge in [-0.25, -0.2) is 0 Å². The number of rotatable bonds is 13. The molecule has 394 valence electrons. The van der Waals surface area contributed by atoms with Gasteiger partial charge in [-0.1, -0.05) is 62.3 Å². The summed E-state index contributed by atoms with van der Waals surface area (Å²) in [5.41, 5.74) is 1.61. The summed E-state index contributed by atoms with van der Waals surface area (Å²) in [5, 5.41) is 52.0. The van der Waals surface area contributed by atoms with Crippen molar-refractivity contribution in [3.05, 3.63) is 0 Å². The zero-order valence-electron chi connectivity index (χ0n) is 45.3. The minimum Gasteiger partial charge on any atom is -0.459 e. The smallest absolute Gasteiger partial charge is 0.311 e. The van der Waals surface area contributed by atoms with Crippen molar-refractivity contribution in [2.75, 3.05) is 47.4 Å². The number of ether oxygens (including phenoxy) is 6. The molecule has 7 N–H and O–H groups in total. The number of nitrogens with one attached hydrogen (secondary N) is 1. The average molecular weight is 957 g/mol. The first-order valence-corrected chi connectivity index (χ1v) is 25.9. The molecule has 1 saturated carbocycles. The van der Waals surface area contributed by atoms with E-state index in [1.165, 1.54) is 0 Å². The summed E-state index contributed by atoms with van der Waals surface area (Å²) < 4.78 is 39.9. The normalized spacial score (nSPS) is 46.4. The summed E-state index contributed by atoms with van der Waals surface area (Å²) >= 11 is 0. The molecule has 0 bridgehead atoms. The number of aliphatic hydroxyl groups is 4. The largest absolute Gasteiger partial charge is 0.459 e. The monoisotopic (exact) mass is 957 g/mol. The molecule has 3 heterocycles. The number of nitrogens with two attached hydrogens (primary N) is 1. The molecule has 0 amide bonds. The van der Waals surface area contributed by atoms with Crippen LogP contribution in [0.25, 0.3) is 0 Å². The summed E-state index contributed by atoms with van der Waals surface area (Å²) in [6, 6.07) is -0.104. The number of cyclic esters (lactones) is 1. The number of likely N-dealkylation sites (N-methyl/N-ethyl adjacent to an activating group) is 1. The molecule has 15 heteroatoms. The first-order chi connectivity index (χ1) is 30.8. The highest BCUT2D eigenvalue weighted by Crippen LogP contribution is 2.47. The van der Waals surface area contributed by atoms with E-state index in [0.29, 0.717) is 25.9 Å². The fraction of sp³-hybridized carbons (Fsp3) is 0.981. The van der Waals surface area contributed by atoms with E-state index in [4.69, 9.17) is 34.2 Å². The molecule has 3 aliphatic heterocycles. The summed E-state index contributed by atoms with van der Waals surface area (Å²) in [4.78, 5) is 19.1. The Morgan fingerprint density at radius 1 is 0.896 bits per heavy atom. The zero-order chi connectivity index (χ0) is 50.8. The summed E-state index contributed by atoms with van der Waals surface area (Å²) in [6.07, 6.45) is -2.22. The van der Waals surface area contributed by atoms with Gasteiger partial charge in [-0.05, 0) is 129 Å². The van der Waals surface area contributed by atoms with Crippen LogP contribution in [0.2, 0.25) is 0 Å². The Hall–Kier alpha value is -1.05. The number of esters is 1. The van der Waals surface area contributed by atoms with Crippen LogP contribution in [0.15, 0.2) is 0 Å². The lowest BCUT2D eigenvalue weighted by molar-refractivity contribution is -0.334. The second-order valence-electron chi connectivity index (χ2n) is 24.6. The van der Waals surface area contributed by atoms with Crippen molar-refractivity contribution in [1.29, 1.82) is 0 Å². The summed E-state index contributed by atoms with van der Waals surface area (Å²) in [6.45, 7) is 32.4. The Bertz CT molecular complexity index is 1570. The topological polar surface area (TPSA) is 198 Å². The quantitative estimate of drug-likeness (QED) is 0.127. The predicted octanol–water partition coefficient (Wildman–Crippen LogP) is 5.46. The van der Waals surface area contributed by atoms with Gasteiger partial charge in [0.25, 0.3) is 0 Å². The molecule has 4 fully saturated rings. The van der Waals surface area contributed by atoms with Gasteiger partial charge in [0.15, 0.2) is 12.6 Å². The first kappa shape index (κ1) is 58.5. The molecule has 4 aliphatic rings. The average Bonchev–Trinajstić information content (AvgIpc) is 3.21. The molecular weight excluding hydrogens is 857 g/mol. The number of carbonyl (C=O) groups is 1. The molecule has 0 spiro atoms. The Labute approximate surface area is 406 Å². The van der Waals surface area contributed by atoms with Gasteiger partial charge in [-0.2, -0.15) is 0 Å². The fourth-order valence-electron chi connectivity index (χ4n) is 13.3. The number of hydrogen-bond donors (Lipinski definition) is 6. The van der Waals surface area contributed by atoms with Crippen molar-refractivity contribution in [3.63, 3.8) is 0 Å². The van der Waals surface area contributed by atoms with Gasteiger partial charge in [-0.3, -0.25) is 4.79 Å². The highest BCUT2D eigenvalue weighted by Gasteiger charge is 2.59. The third-order valence-electron chi connectivity index (χ3n) is 16.8. The molecule has 1 aliphatic carbocycles.